The van der Waals surface area contributed by atoms with Crippen LogP contribution >= 0.6 is 0 Å². The van der Waals surface area contributed by atoms with Gasteiger partial charge in [-0.3, -0.25) is 31.9 Å². The van der Waals surface area contributed by atoms with E-state index in [4.69, 9.17) is 70.1 Å². The summed E-state index contributed by atoms with van der Waals surface area (Å²) in [6.07, 6.45) is 0. The first-order valence-electron chi connectivity index (χ1n) is 2.78. The van der Waals surface area contributed by atoms with Gasteiger partial charge in [0.05, 0.1) is 0 Å². The second-order valence-corrected chi connectivity index (χ2v) is 5.31. The summed E-state index contributed by atoms with van der Waals surface area (Å²) >= 11 is 0. The van der Waals surface area contributed by atoms with Gasteiger partial charge in [0, 0.05) is 0 Å². The third-order valence-electron chi connectivity index (χ3n) is 0. The smallest absolute Gasteiger partial charge is 0.726 e. The predicted molar refractivity (Wildman–Crippen MR) is 54.9 cm³/mol. The molecule has 0 saturated heterocycles. The Morgan fingerprint density at radius 1 is 0.476 bits per heavy atom. The van der Waals surface area contributed by atoms with E-state index in [-0.39, 0.29) is 29.6 Å². The maximum Gasteiger partial charge on any atom is 1.00 e. The molecule has 0 bridgehead atoms. The van der Waals surface area contributed by atoms with Crippen LogP contribution in [0.5, 0.6) is 0 Å². The molecule has 0 aliphatic heterocycles. The van der Waals surface area contributed by atoms with Gasteiger partial charge in [0.2, 0.25) is 10.4 Å². The topological polar surface area (TPSA) is 301 Å². The largest absolute Gasteiger partial charge is 1.00 e. The van der Waals surface area contributed by atoms with Crippen molar-refractivity contribution >= 4 is 41.6 Å². The molecule has 0 unspecified atom stereocenters. The van der Waals surface area contributed by atoms with Gasteiger partial charge in [-0.05, 0) is 0 Å². The summed E-state index contributed by atoms with van der Waals surface area (Å²) in [5.41, 5.74) is 0. The van der Waals surface area contributed by atoms with Gasteiger partial charge in [0.25, 0.3) is 0 Å². The van der Waals surface area contributed by atoms with Crippen LogP contribution in [0.2, 0.25) is 0 Å². The SMILES string of the molecule is O=S(=O)(O)O.O=S(=O)(O)O.O=S(=O)(O)O.O=S(=O)([O-])O.[Na+]. The third kappa shape index (κ3) is 30400. The fraction of sp³-hybridized carbons (Fsp3) is 0. The van der Waals surface area contributed by atoms with Crippen LogP contribution in [0.4, 0.5) is 0 Å². The van der Waals surface area contributed by atoms with Gasteiger partial charge >= 0.3 is 60.8 Å². The summed E-state index contributed by atoms with van der Waals surface area (Å²) in [5, 5.41) is 0. The van der Waals surface area contributed by atoms with Crippen molar-refractivity contribution in [1.82, 2.24) is 0 Å². The summed E-state index contributed by atoms with van der Waals surface area (Å²) < 4.78 is 128. The Labute approximate surface area is 140 Å². The summed E-state index contributed by atoms with van der Waals surface area (Å²) in [6.45, 7) is 0. The molecule has 0 aliphatic rings. The zero-order valence-electron chi connectivity index (χ0n) is 9.44. The van der Waals surface area contributed by atoms with E-state index in [2.05, 4.69) is 0 Å². The molecule has 0 aliphatic carbocycles. The van der Waals surface area contributed by atoms with Gasteiger partial charge in [-0.1, -0.05) is 0 Å². The zero-order chi connectivity index (χ0) is 18.0. The van der Waals surface area contributed by atoms with Crippen LogP contribution in [0.25, 0.3) is 0 Å². The molecular formula is H7NaO16S4. The van der Waals surface area contributed by atoms with Crippen LogP contribution in [-0.2, 0) is 41.6 Å². The van der Waals surface area contributed by atoms with Crippen LogP contribution in [0.1, 0.15) is 0 Å². The zero-order valence-corrected chi connectivity index (χ0v) is 14.7. The molecule has 0 amide bonds. The van der Waals surface area contributed by atoms with Crippen molar-refractivity contribution in [3.63, 3.8) is 0 Å². The van der Waals surface area contributed by atoms with E-state index in [0.29, 0.717) is 0 Å². The molecule has 0 fully saturated rings. The first-order chi connectivity index (χ1) is 8.00. The van der Waals surface area contributed by atoms with Crippen molar-refractivity contribution in [3.8, 4) is 0 Å². The average Bonchev–Trinajstić information content (AvgIpc) is 1.62. The van der Waals surface area contributed by atoms with Gasteiger partial charge in [-0.25, -0.2) is 8.42 Å². The molecule has 21 heteroatoms. The van der Waals surface area contributed by atoms with Crippen LogP contribution in [0.3, 0.4) is 0 Å². The summed E-state index contributed by atoms with van der Waals surface area (Å²) in [7, 11) is -18.9. The van der Waals surface area contributed by atoms with Gasteiger partial charge in [-0.2, -0.15) is 25.3 Å². The van der Waals surface area contributed by atoms with E-state index >= 15 is 0 Å². The van der Waals surface area contributed by atoms with Gasteiger partial charge in [0.15, 0.2) is 0 Å². The molecule has 0 atom stereocenters. The van der Waals surface area contributed by atoms with E-state index in [1.54, 1.807) is 0 Å². The molecule has 7 N–H and O–H groups in total. The van der Waals surface area contributed by atoms with E-state index in [1.807, 2.05) is 0 Å². The maximum absolute atomic E-state index is 8.74. The molecule has 21 heavy (non-hydrogen) atoms. The molecule has 0 aromatic rings. The third-order valence-corrected chi connectivity index (χ3v) is 0. The minimum Gasteiger partial charge on any atom is -0.726 e. The van der Waals surface area contributed by atoms with Crippen molar-refractivity contribution in [3.05, 3.63) is 0 Å². The first kappa shape index (κ1) is 33.2. The molecule has 0 aromatic carbocycles. The number of hydrogen-bond donors (Lipinski definition) is 7. The average molecular weight is 414 g/mol. The van der Waals surface area contributed by atoms with Crippen molar-refractivity contribution < 1.29 is 99.7 Å². The van der Waals surface area contributed by atoms with Crippen molar-refractivity contribution in [2.75, 3.05) is 0 Å². The normalized spacial score (nSPS) is 11.0. The van der Waals surface area contributed by atoms with Gasteiger partial charge < -0.3 is 4.55 Å². The monoisotopic (exact) mass is 414 g/mol. The van der Waals surface area contributed by atoms with E-state index in [0.717, 1.165) is 0 Å². The Morgan fingerprint density at radius 2 is 0.476 bits per heavy atom. The second-order valence-electron chi connectivity index (χ2n) is 1.77. The molecule has 128 valence electrons. The van der Waals surface area contributed by atoms with Crippen LogP contribution in [0, 0.1) is 0 Å². The molecule has 0 aromatic heterocycles. The molecular weight excluding hydrogens is 407 g/mol. The molecule has 0 radical (unpaired) electrons. The van der Waals surface area contributed by atoms with Crippen molar-refractivity contribution in [2.24, 2.45) is 0 Å². The van der Waals surface area contributed by atoms with Crippen LogP contribution < -0.4 is 29.6 Å². The molecule has 0 spiro atoms. The minimum absolute atomic E-state index is 0. The second kappa shape index (κ2) is 13.0. The Bertz CT molecular complexity index is 473. The van der Waals surface area contributed by atoms with E-state index in [1.165, 1.54) is 0 Å². The minimum atomic E-state index is -4.92. The molecule has 0 saturated carbocycles. The standard InChI is InChI=1S/Na.4H2O4S/c;4*1-5(2,3)4/h;4*(H2,1,2,3,4)/q+1;;;;/p-1. The molecule has 0 rings (SSSR count). The summed E-state index contributed by atoms with van der Waals surface area (Å²) in [6, 6.07) is 0. The predicted octanol–water partition coefficient (Wildman–Crippen LogP) is -5.95. The maximum atomic E-state index is 8.74. The molecule has 16 nitrogen and oxygen atoms in total. The van der Waals surface area contributed by atoms with E-state index < -0.39 is 41.6 Å². The van der Waals surface area contributed by atoms with Crippen LogP contribution in [0.15, 0.2) is 0 Å². The van der Waals surface area contributed by atoms with Crippen LogP contribution in [-0.4, -0.2) is 70.1 Å². The van der Waals surface area contributed by atoms with Crippen molar-refractivity contribution in [1.29, 1.82) is 0 Å². The fourth-order valence-corrected chi connectivity index (χ4v) is 0. The fourth-order valence-electron chi connectivity index (χ4n) is 0. The summed E-state index contributed by atoms with van der Waals surface area (Å²) in [5.74, 6) is 0. The molecule has 0 heterocycles. The Balaban J connectivity index is -0.0000000533. The van der Waals surface area contributed by atoms with E-state index in [9.17, 15) is 0 Å². The number of rotatable bonds is 0. The van der Waals surface area contributed by atoms with Gasteiger partial charge in [0.1, 0.15) is 0 Å². The number of hydrogen-bond acceptors (Lipinski definition) is 9. The quantitative estimate of drug-likeness (QED) is 0.110. The Hall–Kier alpha value is 0.480. The van der Waals surface area contributed by atoms with Crippen molar-refractivity contribution in [2.45, 2.75) is 0 Å². The van der Waals surface area contributed by atoms with Gasteiger partial charge in [-0.15, -0.1) is 0 Å². The summed E-state index contributed by atoms with van der Waals surface area (Å²) in [4.78, 5) is 0. The Morgan fingerprint density at radius 3 is 0.476 bits per heavy atom. The first-order valence-corrected chi connectivity index (χ1v) is 8.33. The Kier molecular flexibility index (Phi) is 20.5.